The van der Waals surface area contributed by atoms with Gasteiger partial charge in [-0.15, -0.1) is 0 Å². The molecule has 4 nitrogen and oxygen atoms in total. The van der Waals surface area contributed by atoms with Gasteiger partial charge < -0.3 is 4.74 Å². The summed E-state index contributed by atoms with van der Waals surface area (Å²) in [6.07, 6.45) is 6.68. The minimum absolute atomic E-state index is 0.0899. The number of carbonyl (C=O) groups is 2. The molecule has 4 saturated carbocycles. The minimum Gasteiger partial charge on any atom is -0.454 e. The van der Waals surface area contributed by atoms with Crippen LogP contribution in [0.5, 0.6) is 0 Å². The molecule has 4 aliphatic rings. The highest BCUT2D eigenvalue weighted by molar-refractivity contribution is 6.05. The van der Waals surface area contributed by atoms with Gasteiger partial charge in [0, 0.05) is 16.4 Å². The molecule has 0 unspecified atom stereocenters. The third kappa shape index (κ3) is 3.64. The van der Waals surface area contributed by atoms with Crippen molar-refractivity contribution in [2.75, 3.05) is 6.61 Å². The molecule has 5 heteroatoms. The molecule has 0 aliphatic heterocycles. The van der Waals surface area contributed by atoms with E-state index in [4.69, 9.17) is 4.74 Å². The molecular formula is C28H26FNO3. The zero-order valence-corrected chi connectivity index (χ0v) is 18.4. The molecule has 0 atom stereocenters. The second-order valence-electron chi connectivity index (χ2n) is 10.3. The van der Waals surface area contributed by atoms with Gasteiger partial charge in [0.05, 0.1) is 16.8 Å². The summed E-state index contributed by atoms with van der Waals surface area (Å²) in [7, 11) is 0. The maximum absolute atomic E-state index is 13.4. The molecule has 33 heavy (non-hydrogen) atoms. The van der Waals surface area contributed by atoms with E-state index in [9.17, 15) is 14.0 Å². The van der Waals surface area contributed by atoms with Crippen LogP contribution in [0.1, 0.15) is 48.9 Å². The molecule has 0 N–H and O–H groups in total. The van der Waals surface area contributed by atoms with Crippen LogP contribution in [0.4, 0.5) is 4.39 Å². The zero-order valence-electron chi connectivity index (χ0n) is 18.4. The van der Waals surface area contributed by atoms with Crippen LogP contribution >= 0.6 is 0 Å². The van der Waals surface area contributed by atoms with Crippen LogP contribution < -0.4 is 0 Å². The number of pyridine rings is 1. The Morgan fingerprint density at radius 3 is 2.24 bits per heavy atom. The largest absolute Gasteiger partial charge is 0.454 e. The lowest BCUT2D eigenvalue weighted by Gasteiger charge is -2.55. The number of rotatable bonds is 5. The van der Waals surface area contributed by atoms with Crippen molar-refractivity contribution >= 4 is 22.7 Å². The van der Waals surface area contributed by atoms with Crippen LogP contribution in [0.2, 0.25) is 0 Å². The minimum atomic E-state index is -0.518. The molecule has 0 spiro atoms. The summed E-state index contributed by atoms with van der Waals surface area (Å²) < 4.78 is 19.0. The van der Waals surface area contributed by atoms with E-state index in [1.54, 1.807) is 18.2 Å². The van der Waals surface area contributed by atoms with Crippen molar-refractivity contribution < 1.29 is 18.7 Å². The molecule has 4 fully saturated rings. The first-order valence-corrected chi connectivity index (χ1v) is 11.9. The molecule has 0 radical (unpaired) electrons. The van der Waals surface area contributed by atoms with E-state index in [0.717, 1.165) is 19.3 Å². The van der Waals surface area contributed by atoms with Crippen LogP contribution in [-0.4, -0.2) is 23.3 Å². The number of carbonyl (C=O) groups excluding carboxylic acids is 2. The van der Waals surface area contributed by atoms with Gasteiger partial charge in [0.15, 0.2) is 12.4 Å². The van der Waals surface area contributed by atoms with Crippen LogP contribution in [0, 0.1) is 29.0 Å². The normalized spacial score (nSPS) is 27.6. The summed E-state index contributed by atoms with van der Waals surface area (Å²) in [5.74, 6) is 1.24. The van der Waals surface area contributed by atoms with Crippen LogP contribution in [0.25, 0.3) is 22.2 Å². The van der Waals surface area contributed by atoms with Crippen molar-refractivity contribution in [1.29, 1.82) is 0 Å². The Morgan fingerprint density at radius 1 is 0.939 bits per heavy atom. The Bertz CT molecular complexity index is 1210. The van der Waals surface area contributed by atoms with E-state index in [1.165, 1.54) is 31.4 Å². The number of aromatic nitrogens is 1. The number of nitrogens with zero attached hydrogens (tertiary/aromatic N) is 1. The van der Waals surface area contributed by atoms with Gasteiger partial charge in [-0.2, -0.15) is 0 Å². The maximum Gasteiger partial charge on any atom is 0.339 e. The number of ketones is 1. The van der Waals surface area contributed by atoms with Crippen molar-refractivity contribution in [2.45, 2.75) is 38.5 Å². The summed E-state index contributed by atoms with van der Waals surface area (Å²) in [6.45, 7) is -0.173. The fourth-order valence-electron chi connectivity index (χ4n) is 6.93. The second kappa shape index (κ2) is 7.75. The molecule has 2 aromatic carbocycles. The monoisotopic (exact) mass is 443 g/mol. The number of hydrogen-bond donors (Lipinski definition) is 0. The van der Waals surface area contributed by atoms with Crippen molar-refractivity contribution in [1.82, 2.24) is 4.98 Å². The predicted molar refractivity (Wildman–Crippen MR) is 123 cm³/mol. The topological polar surface area (TPSA) is 56.3 Å². The summed E-state index contributed by atoms with van der Waals surface area (Å²) in [5, 5.41) is 0.676. The summed E-state index contributed by atoms with van der Waals surface area (Å²) in [4.78, 5) is 31.1. The quantitative estimate of drug-likeness (QED) is 0.455. The second-order valence-corrected chi connectivity index (χ2v) is 10.3. The van der Waals surface area contributed by atoms with Crippen molar-refractivity contribution in [3.8, 4) is 11.3 Å². The van der Waals surface area contributed by atoms with Crippen LogP contribution in [-0.2, 0) is 9.53 Å². The highest BCUT2D eigenvalue weighted by Crippen LogP contribution is 2.60. The van der Waals surface area contributed by atoms with E-state index in [1.807, 2.05) is 24.3 Å². The van der Waals surface area contributed by atoms with Gasteiger partial charge >= 0.3 is 5.97 Å². The van der Waals surface area contributed by atoms with E-state index in [2.05, 4.69) is 4.98 Å². The van der Waals surface area contributed by atoms with Gasteiger partial charge in [0.25, 0.3) is 0 Å². The SMILES string of the molecule is O=C(OCC(=O)C12CC3CC(CC(C3)C1)C2)c1cc(-c2ccc(F)cc2)nc2ccccc12. The smallest absolute Gasteiger partial charge is 0.339 e. The lowest BCUT2D eigenvalue weighted by molar-refractivity contribution is -0.147. The zero-order chi connectivity index (χ0) is 22.6. The Labute approximate surface area is 192 Å². The first-order valence-electron chi connectivity index (χ1n) is 11.9. The number of ether oxygens (including phenoxy) is 1. The van der Waals surface area contributed by atoms with E-state index in [0.29, 0.717) is 45.5 Å². The lowest BCUT2D eigenvalue weighted by Crippen LogP contribution is -2.51. The van der Waals surface area contributed by atoms with E-state index >= 15 is 0 Å². The van der Waals surface area contributed by atoms with Gasteiger partial charge in [0.2, 0.25) is 0 Å². The number of para-hydroxylation sites is 1. The van der Waals surface area contributed by atoms with Gasteiger partial charge in [-0.3, -0.25) is 4.79 Å². The fourth-order valence-corrected chi connectivity index (χ4v) is 6.93. The molecule has 0 saturated heterocycles. The molecular weight excluding hydrogens is 417 g/mol. The number of Topliss-reactive ketones (excluding diaryl/α,β-unsaturated/α-hetero) is 1. The molecule has 0 amide bonds. The fraction of sp³-hybridized carbons (Fsp3) is 0.393. The molecule has 3 aromatic rings. The number of halogens is 1. The van der Waals surface area contributed by atoms with Gasteiger partial charge in [-0.25, -0.2) is 14.2 Å². The number of esters is 1. The first kappa shape index (κ1) is 20.5. The van der Waals surface area contributed by atoms with Crippen LogP contribution in [0.15, 0.2) is 54.6 Å². The summed E-state index contributed by atoms with van der Waals surface area (Å²) in [6, 6.07) is 15.1. The third-order valence-corrected chi connectivity index (χ3v) is 8.04. The highest BCUT2D eigenvalue weighted by atomic mass is 19.1. The predicted octanol–water partition coefficient (Wildman–Crippen LogP) is 5.98. The average Bonchev–Trinajstić information content (AvgIpc) is 2.81. The maximum atomic E-state index is 13.4. The van der Waals surface area contributed by atoms with E-state index in [-0.39, 0.29) is 23.6 Å². The van der Waals surface area contributed by atoms with Gasteiger partial charge in [-0.1, -0.05) is 18.2 Å². The molecule has 4 aliphatic carbocycles. The number of hydrogen-bond acceptors (Lipinski definition) is 4. The molecule has 1 heterocycles. The summed E-state index contributed by atoms with van der Waals surface area (Å²) in [5.41, 5.74) is 2.01. The standard InChI is InChI=1S/C28H26FNO3/c29-21-7-5-20(6-8-21)25-12-23(22-3-1-2-4-24(22)30-25)27(32)33-16-26(31)28-13-17-9-18(14-28)11-19(10-17)15-28/h1-8,12,17-19H,9-11,13-16H2. The Balaban J connectivity index is 1.26. The Hall–Kier alpha value is -3.08. The van der Waals surface area contributed by atoms with Gasteiger partial charge in [0.1, 0.15) is 5.82 Å². The Morgan fingerprint density at radius 2 is 1.58 bits per heavy atom. The summed E-state index contributed by atoms with van der Waals surface area (Å²) >= 11 is 0. The molecule has 168 valence electrons. The number of benzene rings is 2. The Kier molecular flexibility index (Phi) is 4.82. The molecule has 1 aromatic heterocycles. The molecule has 4 bridgehead atoms. The van der Waals surface area contributed by atoms with Gasteiger partial charge in [-0.05, 0) is 92.7 Å². The average molecular weight is 444 g/mol. The van der Waals surface area contributed by atoms with Crippen LogP contribution in [0.3, 0.4) is 0 Å². The number of fused-ring (bicyclic) bond motifs is 1. The highest BCUT2D eigenvalue weighted by Gasteiger charge is 2.54. The molecule has 7 rings (SSSR count). The lowest BCUT2D eigenvalue weighted by atomic mass is 9.48. The van der Waals surface area contributed by atoms with Crippen molar-refractivity contribution in [2.24, 2.45) is 23.2 Å². The van der Waals surface area contributed by atoms with E-state index < -0.39 is 5.97 Å². The van der Waals surface area contributed by atoms with Crippen molar-refractivity contribution in [3.63, 3.8) is 0 Å². The van der Waals surface area contributed by atoms with Crippen molar-refractivity contribution in [3.05, 3.63) is 66.0 Å². The first-order chi connectivity index (χ1) is 16.0. The third-order valence-electron chi connectivity index (χ3n) is 8.04.